The second-order valence-electron chi connectivity index (χ2n) is 3.34. The maximum absolute atomic E-state index is 11.0. The van der Waals surface area contributed by atoms with E-state index in [2.05, 4.69) is 9.97 Å². The van der Waals surface area contributed by atoms with E-state index in [-0.39, 0.29) is 5.56 Å². The van der Waals surface area contributed by atoms with Crippen LogP contribution in [0.1, 0.15) is 21.6 Å². The van der Waals surface area contributed by atoms with E-state index in [0.717, 1.165) is 5.56 Å². The number of carboxylic acids is 1. The molecule has 0 saturated carbocycles. The fraction of sp³-hybridized carbons (Fsp3) is 0.0833. The molecule has 16 heavy (non-hydrogen) atoms. The van der Waals surface area contributed by atoms with E-state index in [0.29, 0.717) is 12.1 Å². The Balaban J connectivity index is 2.31. The van der Waals surface area contributed by atoms with Crippen molar-refractivity contribution in [3.63, 3.8) is 0 Å². The lowest BCUT2D eigenvalue weighted by atomic mass is 10.1. The summed E-state index contributed by atoms with van der Waals surface area (Å²) in [5, 5.41) is 8.99. The number of rotatable bonds is 3. The number of hydrogen-bond donors (Lipinski definition) is 1. The fourth-order valence-electron chi connectivity index (χ4n) is 1.47. The van der Waals surface area contributed by atoms with Crippen LogP contribution in [-0.4, -0.2) is 21.0 Å². The molecule has 4 heteroatoms. The number of carbonyl (C=O) groups is 1. The van der Waals surface area contributed by atoms with Crippen molar-refractivity contribution in [2.24, 2.45) is 0 Å². The first-order valence-corrected chi connectivity index (χ1v) is 4.83. The van der Waals surface area contributed by atoms with E-state index < -0.39 is 5.97 Å². The van der Waals surface area contributed by atoms with E-state index >= 15 is 0 Å². The molecule has 0 fully saturated rings. The molecule has 0 bridgehead atoms. The highest BCUT2D eigenvalue weighted by Crippen LogP contribution is 2.11. The molecule has 2 heterocycles. The monoisotopic (exact) mass is 214 g/mol. The molecule has 0 saturated heterocycles. The Morgan fingerprint density at radius 1 is 1.19 bits per heavy atom. The van der Waals surface area contributed by atoms with Crippen LogP contribution in [-0.2, 0) is 6.42 Å². The molecule has 0 unspecified atom stereocenters. The van der Waals surface area contributed by atoms with Gasteiger partial charge in [-0.15, -0.1) is 0 Å². The predicted molar refractivity (Wildman–Crippen MR) is 58.2 cm³/mol. The summed E-state index contributed by atoms with van der Waals surface area (Å²) in [5.41, 5.74) is 1.82. The van der Waals surface area contributed by atoms with Gasteiger partial charge in [0.1, 0.15) is 0 Å². The van der Waals surface area contributed by atoms with Crippen LogP contribution in [0.3, 0.4) is 0 Å². The molecule has 80 valence electrons. The lowest BCUT2D eigenvalue weighted by Crippen LogP contribution is -2.05. The molecule has 2 aromatic rings. The van der Waals surface area contributed by atoms with Gasteiger partial charge in [0, 0.05) is 25.0 Å². The zero-order chi connectivity index (χ0) is 11.4. The maximum atomic E-state index is 11.0. The highest BCUT2D eigenvalue weighted by Gasteiger charge is 2.10. The molecular weight excluding hydrogens is 204 g/mol. The van der Waals surface area contributed by atoms with Crippen molar-refractivity contribution < 1.29 is 9.90 Å². The van der Waals surface area contributed by atoms with Gasteiger partial charge in [0.2, 0.25) is 0 Å². The predicted octanol–water partition coefficient (Wildman–Crippen LogP) is 1.77. The van der Waals surface area contributed by atoms with Crippen molar-refractivity contribution in [2.75, 3.05) is 0 Å². The highest BCUT2D eigenvalue weighted by molar-refractivity contribution is 5.88. The van der Waals surface area contributed by atoms with E-state index in [1.54, 1.807) is 30.7 Å². The van der Waals surface area contributed by atoms with Crippen LogP contribution in [0.25, 0.3) is 0 Å². The zero-order valence-corrected chi connectivity index (χ0v) is 8.50. The zero-order valence-electron chi connectivity index (χ0n) is 8.50. The van der Waals surface area contributed by atoms with Crippen molar-refractivity contribution in [3.05, 3.63) is 59.7 Å². The quantitative estimate of drug-likeness (QED) is 0.845. The van der Waals surface area contributed by atoms with E-state index in [1.807, 2.05) is 12.1 Å². The summed E-state index contributed by atoms with van der Waals surface area (Å²) in [4.78, 5) is 19.0. The van der Waals surface area contributed by atoms with E-state index in [1.165, 1.54) is 0 Å². The number of hydrogen-bond acceptors (Lipinski definition) is 3. The third-order valence-electron chi connectivity index (χ3n) is 2.24. The first-order valence-electron chi connectivity index (χ1n) is 4.83. The maximum Gasteiger partial charge on any atom is 0.337 e. The average molecular weight is 214 g/mol. The Labute approximate surface area is 92.6 Å². The smallest absolute Gasteiger partial charge is 0.337 e. The van der Waals surface area contributed by atoms with Gasteiger partial charge in [0.05, 0.1) is 11.3 Å². The molecule has 0 aliphatic heterocycles. The van der Waals surface area contributed by atoms with Gasteiger partial charge in [-0.05, 0) is 29.8 Å². The molecular formula is C12H10N2O2. The summed E-state index contributed by atoms with van der Waals surface area (Å²) in [6.07, 6.45) is 5.46. The van der Waals surface area contributed by atoms with Crippen molar-refractivity contribution >= 4 is 5.97 Å². The fourth-order valence-corrected chi connectivity index (χ4v) is 1.47. The van der Waals surface area contributed by atoms with Gasteiger partial charge in [-0.1, -0.05) is 0 Å². The minimum absolute atomic E-state index is 0.249. The van der Waals surface area contributed by atoms with E-state index in [9.17, 15) is 4.79 Å². The summed E-state index contributed by atoms with van der Waals surface area (Å²) in [7, 11) is 0. The van der Waals surface area contributed by atoms with Crippen molar-refractivity contribution in [3.8, 4) is 0 Å². The average Bonchev–Trinajstić information content (AvgIpc) is 2.31. The number of aromatic carboxylic acids is 1. The summed E-state index contributed by atoms with van der Waals surface area (Å²) >= 11 is 0. The summed E-state index contributed by atoms with van der Waals surface area (Å²) < 4.78 is 0. The third-order valence-corrected chi connectivity index (χ3v) is 2.24. The van der Waals surface area contributed by atoms with Crippen LogP contribution in [0.2, 0.25) is 0 Å². The van der Waals surface area contributed by atoms with Crippen molar-refractivity contribution in [1.82, 2.24) is 9.97 Å². The van der Waals surface area contributed by atoms with Crippen molar-refractivity contribution in [1.29, 1.82) is 0 Å². The van der Waals surface area contributed by atoms with Gasteiger partial charge < -0.3 is 5.11 Å². The SMILES string of the molecule is O=C(O)c1cccnc1Cc1ccncc1. The molecule has 0 atom stereocenters. The van der Waals surface area contributed by atoms with Crippen molar-refractivity contribution in [2.45, 2.75) is 6.42 Å². The normalized spacial score (nSPS) is 10.0. The second-order valence-corrected chi connectivity index (χ2v) is 3.34. The molecule has 2 rings (SSSR count). The number of nitrogens with zero attached hydrogens (tertiary/aromatic N) is 2. The molecule has 4 nitrogen and oxygen atoms in total. The minimum Gasteiger partial charge on any atom is -0.478 e. The van der Waals surface area contributed by atoms with Gasteiger partial charge >= 0.3 is 5.97 Å². The molecule has 0 aromatic carbocycles. The van der Waals surface area contributed by atoms with Gasteiger partial charge in [0.25, 0.3) is 0 Å². The Morgan fingerprint density at radius 3 is 2.62 bits per heavy atom. The third kappa shape index (κ3) is 2.23. The second kappa shape index (κ2) is 4.53. The Morgan fingerprint density at radius 2 is 1.94 bits per heavy atom. The largest absolute Gasteiger partial charge is 0.478 e. The number of carboxylic acid groups (broad SMARTS) is 1. The first-order chi connectivity index (χ1) is 7.77. The number of aromatic nitrogens is 2. The molecule has 1 N–H and O–H groups in total. The Hall–Kier alpha value is -2.23. The Bertz CT molecular complexity index is 497. The Kier molecular flexibility index (Phi) is 2.91. The van der Waals surface area contributed by atoms with Gasteiger partial charge in [-0.25, -0.2) is 4.79 Å². The molecule has 0 aliphatic rings. The van der Waals surface area contributed by atoms with Crippen LogP contribution < -0.4 is 0 Å². The van der Waals surface area contributed by atoms with Crippen LogP contribution >= 0.6 is 0 Å². The number of pyridine rings is 2. The van der Waals surface area contributed by atoms with Crippen LogP contribution in [0, 0.1) is 0 Å². The van der Waals surface area contributed by atoms with Crippen LogP contribution in [0.4, 0.5) is 0 Å². The molecule has 2 aromatic heterocycles. The van der Waals surface area contributed by atoms with Crippen LogP contribution in [0.5, 0.6) is 0 Å². The van der Waals surface area contributed by atoms with E-state index in [4.69, 9.17) is 5.11 Å². The van der Waals surface area contributed by atoms with Gasteiger partial charge in [0.15, 0.2) is 0 Å². The summed E-state index contributed by atoms with van der Waals surface area (Å²) in [6.45, 7) is 0. The topological polar surface area (TPSA) is 63.1 Å². The van der Waals surface area contributed by atoms with Gasteiger partial charge in [-0.3, -0.25) is 9.97 Å². The van der Waals surface area contributed by atoms with Gasteiger partial charge in [-0.2, -0.15) is 0 Å². The summed E-state index contributed by atoms with van der Waals surface area (Å²) in [5.74, 6) is -0.947. The molecule has 0 aliphatic carbocycles. The summed E-state index contributed by atoms with van der Waals surface area (Å²) in [6, 6.07) is 6.88. The standard InChI is InChI=1S/C12H10N2O2/c15-12(16)10-2-1-5-14-11(10)8-9-3-6-13-7-4-9/h1-7H,8H2,(H,15,16). The minimum atomic E-state index is -0.947. The molecule has 0 spiro atoms. The lowest BCUT2D eigenvalue weighted by molar-refractivity contribution is 0.0695. The van der Waals surface area contributed by atoms with Crippen LogP contribution in [0.15, 0.2) is 42.9 Å². The highest BCUT2D eigenvalue weighted by atomic mass is 16.4. The lowest BCUT2D eigenvalue weighted by Gasteiger charge is -2.04. The molecule has 0 radical (unpaired) electrons. The molecule has 0 amide bonds. The first kappa shape index (κ1) is 10.3.